The quantitative estimate of drug-likeness (QED) is 0.168. The maximum Gasteiger partial charge on any atom is 0.137 e. The van der Waals surface area contributed by atoms with E-state index in [2.05, 4.69) is 217 Å². The molecule has 10 aromatic carbocycles. The molecule has 0 saturated heterocycles. The van der Waals surface area contributed by atoms with Crippen LogP contribution in [0.15, 0.2) is 229 Å². The average Bonchev–Trinajstić information content (AvgIpc) is 3.84. The monoisotopic (exact) mass is 751 g/mol. The number of hydrogen-bond acceptors (Lipinski definition) is 2. The summed E-state index contributed by atoms with van der Waals surface area (Å²) in [6.45, 7) is 0. The van der Waals surface area contributed by atoms with E-state index >= 15 is 0 Å². The first-order valence-corrected chi connectivity index (χ1v) is 20.3. The zero-order valence-electron chi connectivity index (χ0n) is 32.2. The van der Waals surface area contributed by atoms with Gasteiger partial charge in [0.15, 0.2) is 0 Å². The SMILES string of the molecule is c1ccc(N(c2ccc3c(c2)oc2ccccc23)c2ccc(-c3cc4ccccc4c4c3-c3ccccc3C4(c3ccccc3)c3ccccc3)c3ccccc23)cc1. The Balaban J connectivity index is 1.15. The van der Waals surface area contributed by atoms with E-state index in [9.17, 15) is 0 Å². The molecule has 0 radical (unpaired) electrons. The van der Waals surface area contributed by atoms with Crippen molar-refractivity contribution in [1.82, 2.24) is 0 Å². The lowest BCUT2D eigenvalue weighted by molar-refractivity contribution is 0.669. The minimum atomic E-state index is -0.529. The van der Waals surface area contributed by atoms with Crippen molar-refractivity contribution in [2.24, 2.45) is 0 Å². The molecular formula is C57H37NO. The van der Waals surface area contributed by atoms with Gasteiger partial charge in [-0.3, -0.25) is 0 Å². The van der Waals surface area contributed by atoms with Crippen LogP contribution in [0.1, 0.15) is 22.3 Å². The van der Waals surface area contributed by atoms with Gasteiger partial charge in [-0.15, -0.1) is 0 Å². The van der Waals surface area contributed by atoms with Gasteiger partial charge in [0.05, 0.1) is 11.1 Å². The Hall–Kier alpha value is -7.68. The Bertz CT molecular complexity index is 3340. The van der Waals surface area contributed by atoms with Crippen LogP contribution < -0.4 is 4.90 Å². The van der Waals surface area contributed by atoms with Gasteiger partial charge < -0.3 is 9.32 Å². The number of anilines is 3. The first-order valence-electron chi connectivity index (χ1n) is 20.3. The molecule has 0 saturated carbocycles. The Morgan fingerprint density at radius 2 is 0.949 bits per heavy atom. The predicted octanol–water partition coefficient (Wildman–Crippen LogP) is 15.4. The first kappa shape index (κ1) is 33.5. The molecule has 0 spiro atoms. The summed E-state index contributed by atoms with van der Waals surface area (Å²) in [7, 11) is 0. The van der Waals surface area contributed by atoms with Gasteiger partial charge in [0.2, 0.25) is 0 Å². The van der Waals surface area contributed by atoms with E-state index in [4.69, 9.17) is 4.42 Å². The van der Waals surface area contributed by atoms with Crippen molar-refractivity contribution in [1.29, 1.82) is 0 Å². The summed E-state index contributed by atoms with van der Waals surface area (Å²) in [5.41, 5.74) is 14.6. The summed E-state index contributed by atoms with van der Waals surface area (Å²) in [4.78, 5) is 2.37. The normalized spacial score (nSPS) is 12.9. The number of hydrogen-bond donors (Lipinski definition) is 0. The second-order valence-corrected chi connectivity index (χ2v) is 15.6. The summed E-state index contributed by atoms with van der Waals surface area (Å²) < 4.78 is 6.44. The van der Waals surface area contributed by atoms with Crippen molar-refractivity contribution < 1.29 is 4.42 Å². The second-order valence-electron chi connectivity index (χ2n) is 15.6. The molecule has 0 N–H and O–H groups in total. The van der Waals surface area contributed by atoms with Crippen LogP contribution in [0.25, 0.3) is 65.7 Å². The Morgan fingerprint density at radius 3 is 1.71 bits per heavy atom. The highest BCUT2D eigenvalue weighted by Gasteiger charge is 2.48. The van der Waals surface area contributed by atoms with Crippen LogP contribution in [0.2, 0.25) is 0 Å². The molecule has 11 aromatic rings. The molecule has 1 aliphatic carbocycles. The molecule has 12 rings (SSSR count). The topological polar surface area (TPSA) is 16.4 Å². The summed E-state index contributed by atoms with van der Waals surface area (Å²) >= 11 is 0. The van der Waals surface area contributed by atoms with Crippen LogP contribution in [0, 0.1) is 0 Å². The molecule has 0 unspecified atom stereocenters. The van der Waals surface area contributed by atoms with Gasteiger partial charge in [-0.25, -0.2) is 0 Å². The number of fused-ring (bicyclic) bond motifs is 9. The van der Waals surface area contributed by atoms with E-state index in [0.717, 1.165) is 39.0 Å². The molecule has 276 valence electrons. The third-order valence-corrected chi connectivity index (χ3v) is 12.5. The number of benzene rings is 10. The lowest BCUT2D eigenvalue weighted by Gasteiger charge is -2.35. The van der Waals surface area contributed by atoms with Gasteiger partial charge in [-0.05, 0) is 103 Å². The van der Waals surface area contributed by atoms with Crippen molar-refractivity contribution in [3.05, 3.63) is 247 Å². The zero-order valence-corrected chi connectivity index (χ0v) is 32.2. The van der Waals surface area contributed by atoms with Crippen LogP contribution in [-0.2, 0) is 5.41 Å². The minimum Gasteiger partial charge on any atom is -0.456 e. The van der Waals surface area contributed by atoms with Gasteiger partial charge in [-0.1, -0.05) is 176 Å². The van der Waals surface area contributed by atoms with Crippen molar-refractivity contribution >= 4 is 60.5 Å². The van der Waals surface area contributed by atoms with Crippen molar-refractivity contribution in [3.63, 3.8) is 0 Å². The van der Waals surface area contributed by atoms with Crippen LogP contribution in [0.4, 0.5) is 17.1 Å². The third kappa shape index (κ3) is 4.93. The van der Waals surface area contributed by atoms with Gasteiger partial charge in [0.25, 0.3) is 0 Å². The minimum absolute atomic E-state index is 0.529. The van der Waals surface area contributed by atoms with Crippen LogP contribution in [0.5, 0.6) is 0 Å². The molecule has 1 heterocycles. The highest BCUT2D eigenvalue weighted by Crippen LogP contribution is 2.61. The fourth-order valence-corrected chi connectivity index (χ4v) is 10.1. The number of nitrogens with zero attached hydrogens (tertiary/aromatic N) is 1. The highest BCUT2D eigenvalue weighted by atomic mass is 16.3. The van der Waals surface area contributed by atoms with Crippen LogP contribution in [0.3, 0.4) is 0 Å². The molecule has 0 amide bonds. The summed E-state index contributed by atoms with van der Waals surface area (Å²) in [5, 5.41) is 7.11. The van der Waals surface area contributed by atoms with E-state index in [-0.39, 0.29) is 0 Å². The third-order valence-electron chi connectivity index (χ3n) is 12.5. The van der Waals surface area contributed by atoms with E-state index in [1.807, 2.05) is 12.1 Å². The number of para-hydroxylation sites is 2. The van der Waals surface area contributed by atoms with Crippen molar-refractivity contribution in [2.75, 3.05) is 4.90 Å². The first-order chi connectivity index (χ1) is 29.3. The Morgan fingerprint density at radius 1 is 0.356 bits per heavy atom. The summed E-state index contributed by atoms with van der Waals surface area (Å²) in [5.74, 6) is 0. The van der Waals surface area contributed by atoms with E-state index in [1.54, 1.807) is 0 Å². The van der Waals surface area contributed by atoms with Crippen molar-refractivity contribution in [3.8, 4) is 22.3 Å². The van der Waals surface area contributed by atoms with Gasteiger partial charge in [0, 0.05) is 33.6 Å². The van der Waals surface area contributed by atoms with E-state index < -0.39 is 5.41 Å². The molecule has 0 bridgehead atoms. The largest absolute Gasteiger partial charge is 0.456 e. The molecule has 59 heavy (non-hydrogen) atoms. The smallest absolute Gasteiger partial charge is 0.137 e. The number of rotatable bonds is 6. The van der Waals surface area contributed by atoms with Crippen LogP contribution in [-0.4, -0.2) is 0 Å². The Kier molecular flexibility index (Phi) is 7.48. The maximum atomic E-state index is 6.44. The lowest BCUT2D eigenvalue weighted by Crippen LogP contribution is -2.28. The molecule has 0 aliphatic heterocycles. The molecule has 0 atom stereocenters. The zero-order chi connectivity index (χ0) is 38.9. The molecule has 1 aromatic heterocycles. The van der Waals surface area contributed by atoms with E-state index in [0.29, 0.717) is 0 Å². The second kappa shape index (κ2) is 13.2. The molecule has 2 nitrogen and oxygen atoms in total. The summed E-state index contributed by atoms with van der Waals surface area (Å²) in [6, 6.07) is 81.9. The Labute approximate surface area is 342 Å². The van der Waals surface area contributed by atoms with Gasteiger partial charge >= 0.3 is 0 Å². The standard InChI is InChI=1S/C57H37NO/c1-4-19-39(20-5-1)57(40-21-6-2-7-22-40)51-30-16-14-29-49(51)55-50(36-38-18-10-11-25-43(38)56(55)57)45-34-35-52(46-27-13-12-26-44(45)46)58(41-23-8-3-9-24-41)42-32-33-48-47-28-15-17-31-53(47)59-54(48)37-42/h1-37H. The lowest BCUT2D eigenvalue weighted by atomic mass is 9.66. The maximum absolute atomic E-state index is 6.44. The molecular weight excluding hydrogens is 715 g/mol. The molecule has 0 fully saturated rings. The fourth-order valence-electron chi connectivity index (χ4n) is 10.1. The number of furan rings is 1. The molecule has 1 aliphatic rings. The average molecular weight is 752 g/mol. The summed E-state index contributed by atoms with van der Waals surface area (Å²) in [6.07, 6.45) is 0. The van der Waals surface area contributed by atoms with Gasteiger partial charge in [-0.2, -0.15) is 0 Å². The van der Waals surface area contributed by atoms with Crippen molar-refractivity contribution in [2.45, 2.75) is 5.41 Å². The predicted molar refractivity (Wildman–Crippen MR) is 246 cm³/mol. The highest BCUT2D eigenvalue weighted by molar-refractivity contribution is 6.13. The van der Waals surface area contributed by atoms with Crippen LogP contribution >= 0.6 is 0 Å². The van der Waals surface area contributed by atoms with E-state index in [1.165, 1.54) is 66.1 Å². The molecule has 2 heteroatoms. The van der Waals surface area contributed by atoms with Gasteiger partial charge in [0.1, 0.15) is 11.2 Å². The fraction of sp³-hybridized carbons (Fsp3) is 0.0175.